The first-order valence-electron chi connectivity index (χ1n) is 11.5. The minimum Gasteiger partial charge on any atom is -0.325 e. The third-order valence-corrected chi connectivity index (χ3v) is 6.44. The van der Waals surface area contributed by atoms with Gasteiger partial charge in [0.05, 0.1) is 17.6 Å². The van der Waals surface area contributed by atoms with Crippen molar-refractivity contribution in [2.45, 2.75) is 25.3 Å². The molecule has 1 aliphatic heterocycles. The van der Waals surface area contributed by atoms with Gasteiger partial charge in [0.25, 0.3) is 0 Å². The van der Waals surface area contributed by atoms with Gasteiger partial charge in [0.2, 0.25) is 5.91 Å². The lowest BCUT2D eigenvalue weighted by Crippen LogP contribution is -2.41. The van der Waals surface area contributed by atoms with E-state index >= 15 is 0 Å². The molecule has 0 aliphatic carbocycles. The highest BCUT2D eigenvalue weighted by Gasteiger charge is 2.24. The summed E-state index contributed by atoms with van der Waals surface area (Å²) in [7, 11) is 0. The predicted molar refractivity (Wildman–Crippen MR) is 132 cm³/mol. The van der Waals surface area contributed by atoms with E-state index in [1.807, 2.05) is 65.2 Å². The number of nitrogens with zero attached hydrogens (tertiary/aromatic N) is 2. The molecule has 0 bridgehead atoms. The van der Waals surface area contributed by atoms with E-state index in [4.69, 9.17) is 0 Å². The Labute approximate surface area is 192 Å². The van der Waals surface area contributed by atoms with Gasteiger partial charge in [-0.05, 0) is 48.6 Å². The van der Waals surface area contributed by atoms with E-state index in [0.717, 1.165) is 54.6 Å². The molecule has 2 heterocycles. The first kappa shape index (κ1) is 21.2. The van der Waals surface area contributed by atoms with E-state index in [1.54, 1.807) is 0 Å². The molecule has 1 saturated heterocycles. The fourth-order valence-electron chi connectivity index (χ4n) is 4.78. The lowest BCUT2D eigenvalue weighted by atomic mass is 10.0. The zero-order chi connectivity index (χ0) is 22.6. The molecular weight excluding hydrogens is 412 g/mol. The molecule has 1 aromatic heterocycles. The second-order valence-corrected chi connectivity index (χ2v) is 8.69. The van der Waals surface area contributed by atoms with Crippen LogP contribution in [0.3, 0.4) is 0 Å². The molecule has 4 aromatic rings. The number of aromatic nitrogens is 2. The third kappa shape index (κ3) is 4.76. The molecule has 168 valence electrons. The van der Waals surface area contributed by atoms with Gasteiger partial charge in [-0.1, -0.05) is 60.7 Å². The molecule has 1 amide bonds. The number of fused-ring (bicyclic) bond motifs is 1. The molecule has 2 N–H and O–H groups in total. The number of benzene rings is 3. The van der Waals surface area contributed by atoms with E-state index in [2.05, 4.69) is 33.4 Å². The summed E-state index contributed by atoms with van der Waals surface area (Å²) in [6.07, 6.45) is 2.47. The van der Waals surface area contributed by atoms with Crippen molar-refractivity contribution < 1.29 is 4.79 Å². The van der Waals surface area contributed by atoms with Crippen LogP contribution in [-0.2, 0) is 11.2 Å². The second kappa shape index (κ2) is 9.46. The van der Waals surface area contributed by atoms with E-state index in [0.29, 0.717) is 6.54 Å². The molecule has 6 heteroatoms. The molecule has 0 spiro atoms. The summed E-state index contributed by atoms with van der Waals surface area (Å²) in [5.74, 6) is -0.00165. The zero-order valence-corrected chi connectivity index (χ0v) is 18.5. The number of piperidine rings is 1. The van der Waals surface area contributed by atoms with Crippen LogP contribution in [0.4, 0.5) is 5.69 Å². The number of rotatable bonds is 6. The highest BCUT2D eigenvalue weighted by atomic mass is 16.2. The van der Waals surface area contributed by atoms with Crippen molar-refractivity contribution in [2.75, 3.05) is 25.0 Å². The number of H-pyrrole nitrogens is 1. The number of aromatic amines is 1. The van der Waals surface area contributed by atoms with Crippen molar-refractivity contribution in [1.82, 2.24) is 14.5 Å². The summed E-state index contributed by atoms with van der Waals surface area (Å²) >= 11 is 0. The van der Waals surface area contributed by atoms with E-state index in [-0.39, 0.29) is 17.6 Å². The molecule has 1 fully saturated rings. The van der Waals surface area contributed by atoms with Gasteiger partial charge in [0.1, 0.15) is 0 Å². The van der Waals surface area contributed by atoms with Crippen LogP contribution in [0.1, 0.15) is 30.0 Å². The van der Waals surface area contributed by atoms with Crippen molar-refractivity contribution in [3.8, 4) is 0 Å². The highest BCUT2D eigenvalue weighted by Crippen LogP contribution is 2.25. The topological polar surface area (TPSA) is 70.1 Å². The molecule has 5 rings (SSSR count). The van der Waals surface area contributed by atoms with Crippen LogP contribution in [0.2, 0.25) is 0 Å². The average Bonchev–Trinajstić information content (AvgIpc) is 3.17. The Balaban J connectivity index is 1.19. The quantitative estimate of drug-likeness (QED) is 0.472. The van der Waals surface area contributed by atoms with Gasteiger partial charge in [-0.25, -0.2) is 4.79 Å². The summed E-state index contributed by atoms with van der Waals surface area (Å²) in [6, 6.07) is 26.2. The van der Waals surface area contributed by atoms with Gasteiger partial charge in [-0.2, -0.15) is 0 Å². The van der Waals surface area contributed by atoms with Crippen LogP contribution < -0.4 is 11.0 Å². The highest BCUT2D eigenvalue weighted by molar-refractivity contribution is 5.93. The number of hydrogen-bond acceptors (Lipinski definition) is 3. The molecule has 0 unspecified atom stereocenters. The smallest absolute Gasteiger partial charge is 0.325 e. The zero-order valence-electron chi connectivity index (χ0n) is 18.5. The summed E-state index contributed by atoms with van der Waals surface area (Å²) in [6.45, 7) is 1.93. The number of carbonyl (C=O) groups is 1. The molecule has 33 heavy (non-hydrogen) atoms. The predicted octanol–water partition coefficient (Wildman–Crippen LogP) is 4.20. The van der Waals surface area contributed by atoms with Gasteiger partial charge in [0, 0.05) is 24.8 Å². The molecule has 6 nitrogen and oxygen atoms in total. The van der Waals surface area contributed by atoms with Crippen molar-refractivity contribution >= 4 is 22.6 Å². The van der Waals surface area contributed by atoms with Crippen LogP contribution in [0.25, 0.3) is 11.0 Å². The molecule has 1 aliphatic rings. The summed E-state index contributed by atoms with van der Waals surface area (Å²) in [4.78, 5) is 30.4. The second-order valence-electron chi connectivity index (χ2n) is 8.69. The number of amides is 1. The molecule has 0 atom stereocenters. The minimum atomic E-state index is -0.0533. The fourth-order valence-corrected chi connectivity index (χ4v) is 4.78. The van der Waals surface area contributed by atoms with E-state index in [1.165, 1.54) is 5.56 Å². The van der Waals surface area contributed by atoms with Gasteiger partial charge < -0.3 is 10.3 Å². The van der Waals surface area contributed by atoms with Gasteiger partial charge >= 0.3 is 5.69 Å². The maximum Gasteiger partial charge on any atom is 0.326 e. The first-order chi connectivity index (χ1) is 16.2. The Morgan fingerprint density at radius 2 is 1.61 bits per heavy atom. The average molecular weight is 441 g/mol. The number of nitrogens with one attached hydrogen (secondary N) is 2. The van der Waals surface area contributed by atoms with Gasteiger partial charge in [0.15, 0.2) is 0 Å². The fraction of sp³-hybridized carbons (Fsp3) is 0.259. The van der Waals surface area contributed by atoms with Gasteiger partial charge in [-0.15, -0.1) is 0 Å². The molecule has 0 radical (unpaired) electrons. The maximum absolute atomic E-state index is 12.8. The molecular formula is C27H28N4O2. The van der Waals surface area contributed by atoms with Crippen molar-refractivity contribution in [3.63, 3.8) is 0 Å². The maximum atomic E-state index is 12.8. The van der Waals surface area contributed by atoms with Crippen molar-refractivity contribution in [2.24, 2.45) is 0 Å². The number of anilines is 1. The van der Waals surface area contributed by atoms with Crippen LogP contribution >= 0.6 is 0 Å². The minimum absolute atomic E-state index is 0.00165. The van der Waals surface area contributed by atoms with Crippen LogP contribution in [0.15, 0.2) is 83.7 Å². The standard InChI is InChI=1S/C27H28N4O2/c32-26(28-23-11-5-4-10-21(23)18-20-8-2-1-3-9-20)19-30-16-14-22(15-17-30)31-25-13-7-6-12-24(25)29-27(31)33/h1-13,22H,14-19H2,(H,28,32)(H,29,33). The van der Waals surface area contributed by atoms with Crippen molar-refractivity contribution in [1.29, 1.82) is 0 Å². The Morgan fingerprint density at radius 1 is 0.909 bits per heavy atom. The number of imidazole rings is 1. The molecule has 0 saturated carbocycles. The normalized spacial score (nSPS) is 15.0. The third-order valence-electron chi connectivity index (χ3n) is 6.44. The lowest BCUT2D eigenvalue weighted by molar-refractivity contribution is -0.117. The largest absolute Gasteiger partial charge is 0.326 e. The number of likely N-dealkylation sites (tertiary alicyclic amines) is 1. The SMILES string of the molecule is O=C(CN1CCC(n2c(=O)[nH]c3ccccc32)CC1)Nc1ccccc1Cc1ccccc1. The number of hydrogen-bond donors (Lipinski definition) is 2. The summed E-state index contributed by atoms with van der Waals surface area (Å²) < 4.78 is 1.88. The first-order valence-corrected chi connectivity index (χ1v) is 11.5. The summed E-state index contributed by atoms with van der Waals surface area (Å²) in [5, 5.41) is 3.11. The number of para-hydroxylation sites is 3. The van der Waals surface area contributed by atoms with Crippen LogP contribution in [0, 0.1) is 0 Å². The molecule has 3 aromatic carbocycles. The van der Waals surface area contributed by atoms with Crippen LogP contribution in [0.5, 0.6) is 0 Å². The Bertz CT molecular complexity index is 1300. The van der Waals surface area contributed by atoms with Crippen LogP contribution in [-0.4, -0.2) is 40.0 Å². The van der Waals surface area contributed by atoms with E-state index < -0.39 is 0 Å². The van der Waals surface area contributed by atoms with Crippen molar-refractivity contribution in [3.05, 3.63) is 100 Å². The Morgan fingerprint density at radius 3 is 2.42 bits per heavy atom. The monoisotopic (exact) mass is 440 g/mol. The number of carbonyl (C=O) groups excluding carboxylic acids is 1. The Hall–Kier alpha value is -3.64. The summed E-state index contributed by atoms with van der Waals surface area (Å²) in [5.41, 5.74) is 4.96. The van der Waals surface area contributed by atoms with E-state index in [9.17, 15) is 9.59 Å². The van der Waals surface area contributed by atoms with Gasteiger partial charge in [-0.3, -0.25) is 14.3 Å². The Kier molecular flexibility index (Phi) is 6.09. The lowest BCUT2D eigenvalue weighted by Gasteiger charge is -2.32.